The highest BCUT2D eigenvalue weighted by Crippen LogP contribution is 2.21. The summed E-state index contributed by atoms with van der Waals surface area (Å²) in [4.78, 5) is 4.42. The molecule has 0 saturated heterocycles. The Morgan fingerprint density at radius 3 is 2.36 bits per heavy atom. The van der Waals surface area contributed by atoms with Crippen molar-refractivity contribution in [2.45, 2.75) is 18.7 Å². The molecule has 78 valence electrons. The van der Waals surface area contributed by atoms with Gasteiger partial charge >= 0.3 is 0 Å². The van der Waals surface area contributed by atoms with Gasteiger partial charge in [-0.25, -0.2) is 13.4 Å². The Morgan fingerprint density at radius 1 is 1.36 bits per heavy atom. The zero-order chi connectivity index (χ0) is 10.9. The minimum absolute atomic E-state index is 0.253. The fourth-order valence-corrected chi connectivity index (χ4v) is 2.03. The highest BCUT2D eigenvalue weighted by Gasteiger charge is 2.15. The third-order valence-electron chi connectivity index (χ3n) is 2.07. The van der Waals surface area contributed by atoms with E-state index in [1.807, 2.05) is 13.8 Å². The first-order valence-electron chi connectivity index (χ1n) is 4.22. The van der Waals surface area contributed by atoms with Crippen LogP contribution < -0.4 is 5.32 Å². The number of sulfone groups is 1. The molecular weight excluding hydrogens is 200 g/mol. The number of hydrogen-bond donors (Lipinski definition) is 1. The number of rotatable bonds is 2. The van der Waals surface area contributed by atoms with Gasteiger partial charge in [-0.2, -0.15) is 0 Å². The minimum atomic E-state index is -3.21. The molecule has 0 aliphatic rings. The van der Waals surface area contributed by atoms with E-state index in [1.54, 1.807) is 13.1 Å². The molecule has 0 fully saturated rings. The van der Waals surface area contributed by atoms with Crippen LogP contribution in [-0.2, 0) is 9.84 Å². The van der Waals surface area contributed by atoms with Crippen LogP contribution in [0.4, 0.5) is 5.82 Å². The molecule has 5 heteroatoms. The molecular formula is C9H14N2O2S. The van der Waals surface area contributed by atoms with Crippen LogP contribution in [0.2, 0.25) is 0 Å². The molecule has 0 atom stereocenters. The van der Waals surface area contributed by atoms with E-state index in [4.69, 9.17) is 0 Å². The smallest absolute Gasteiger partial charge is 0.179 e. The average molecular weight is 214 g/mol. The fraction of sp³-hybridized carbons (Fsp3) is 0.444. The second-order valence-corrected chi connectivity index (χ2v) is 5.24. The zero-order valence-electron chi connectivity index (χ0n) is 8.75. The predicted molar refractivity (Wildman–Crippen MR) is 56.4 cm³/mol. The van der Waals surface area contributed by atoms with Crippen LogP contribution in [0.25, 0.3) is 0 Å². The molecule has 0 aromatic carbocycles. The van der Waals surface area contributed by atoms with Crippen molar-refractivity contribution in [3.8, 4) is 0 Å². The predicted octanol–water partition coefficient (Wildman–Crippen LogP) is 1.14. The summed E-state index contributed by atoms with van der Waals surface area (Å²) in [5.41, 5.74) is 1.71. The van der Waals surface area contributed by atoms with Gasteiger partial charge in [-0.05, 0) is 25.5 Å². The first-order valence-corrected chi connectivity index (χ1v) is 6.11. The summed E-state index contributed by atoms with van der Waals surface area (Å²) in [5.74, 6) is 0.413. The number of nitrogens with zero attached hydrogens (tertiary/aromatic N) is 1. The number of anilines is 1. The van der Waals surface area contributed by atoms with E-state index in [1.165, 1.54) is 6.26 Å². The number of pyridine rings is 1. The molecule has 1 N–H and O–H groups in total. The van der Waals surface area contributed by atoms with Gasteiger partial charge in [0, 0.05) is 19.0 Å². The highest BCUT2D eigenvalue weighted by molar-refractivity contribution is 7.90. The van der Waals surface area contributed by atoms with E-state index in [2.05, 4.69) is 10.3 Å². The van der Waals surface area contributed by atoms with Crippen molar-refractivity contribution >= 4 is 15.7 Å². The van der Waals surface area contributed by atoms with Gasteiger partial charge < -0.3 is 5.32 Å². The van der Waals surface area contributed by atoms with Crippen molar-refractivity contribution in [2.75, 3.05) is 18.6 Å². The number of aromatic nitrogens is 1. The van der Waals surface area contributed by atoms with E-state index in [0.717, 1.165) is 11.3 Å². The first kappa shape index (κ1) is 11.0. The quantitative estimate of drug-likeness (QED) is 0.802. The third-order valence-corrected chi connectivity index (χ3v) is 3.18. The van der Waals surface area contributed by atoms with E-state index < -0.39 is 9.84 Å². The second-order valence-electron chi connectivity index (χ2n) is 3.26. The standard InChI is InChI=1S/C9H14N2O2S/c1-6-5-8(14(4,12)13)9(10-3)11-7(6)2/h5H,1-4H3,(H,10,11). The van der Waals surface area contributed by atoms with Crippen LogP contribution in [0.15, 0.2) is 11.0 Å². The van der Waals surface area contributed by atoms with Gasteiger partial charge in [0.15, 0.2) is 9.84 Å². The molecule has 0 unspecified atom stereocenters. The van der Waals surface area contributed by atoms with Gasteiger partial charge in [-0.1, -0.05) is 0 Å². The average Bonchev–Trinajstić information content (AvgIpc) is 2.07. The van der Waals surface area contributed by atoms with Crippen molar-refractivity contribution in [1.82, 2.24) is 4.98 Å². The van der Waals surface area contributed by atoms with Crippen molar-refractivity contribution in [3.63, 3.8) is 0 Å². The monoisotopic (exact) mass is 214 g/mol. The molecule has 0 amide bonds. The lowest BCUT2D eigenvalue weighted by Crippen LogP contribution is -2.06. The summed E-state index contributed by atoms with van der Waals surface area (Å²) < 4.78 is 22.8. The minimum Gasteiger partial charge on any atom is -0.372 e. The van der Waals surface area contributed by atoms with Gasteiger partial charge in [-0.3, -0.25) is 0 Å². The number of hydrogen-bond acceptors (Lipinski definition) is 4. The van der Waals surface area contributed by atoms with Crippen LogP contribution in [0, 0.1) is 13.8 Å². The Morgan fingerprint density at radius 2 is 1.93 bits per heavy atom. The molecule has 1 rings (SSSR count). The molecule has 1 aromatic rings. The molecule has 14 heavy (non-hydrogen) atoms. The Kier molecular flexibility index (Phi) is 2.80. The van der Waals surface area contributed by atoms with Gasteiger partial charge in [0.25, 0.3) is 0 Å². The van der Waals surface area contributed by atoms with E-state index in [-0.39, 0.29) is 4.90 Å². The molecule has 0 aliphatic carbocycles. The topological polar surface area (TPSA) is 59.1 Å². The SMILES string of the molecule is CNc1nc(C)c(C)cc1S(C)(=O)=O. The molecule has 1 aromatic heterocycles. The van der Waals surface area contributed by atoms with Crippen LogP contribution >= 0.6 is 0 Å². The van der Waals surface area contributed by atoms with E-state index in [9.17, 15) is 8.42 Å². The molecule has 0 radical (unpaired) electrons. The molecule has 0 saturated carbocycles. The maximum atomic E-state index is 11.4. The molecule has 0 spiro atoms. The Balaban J connectivity index is 3.51. The number of nitrogens with one attached hydrogen (secondary N) is 1. The third kappa shape index (κ3) is 2.04. The second kappa shape index (κ2) is 3.57. The van der Waals surface area contributed by atoms with Crippen LogP contribution in [0.3, 0.4) is 0 Å². The molecule has 4 nitrogen and oxygen atoms in total. The lowest BCUT2D eigenvalue weighted by molar-refractivity contribution is 0.601. The van der Waals surface area contributed by atoms with E-state index in [0.29, 0.717) is 5.82 Å². The largest absolute Gasteiger partial charge is 0.372 e. The van der Waals surface area contributed by atoms with Gasteiger partial charge in [0.1, 0.15) is 10.7 Å². The van der Waals surface area contributed by atoms with Crippen LogP contribution in [-0.4, -0.2) is 26.7 Å². The van der Waals surface area contributed by atoms with Crippen LogP contribution in [0.1, 0.15) is 11.3 Å². The lowest BCUT2D eigenvalue weighted by Gasteiger charge is -2.09. The summed E-state index contributed by atoms with van der Waals surface area (Å²) in [7, 11) is -1.55. The summed E-state index contributed by atoms with van der Waals surface area (Å²) >= 11 is 0. The summed E-state index contributed by atoms with van der Waals surface area (Å²) in [5, 5.41) is 2.78. The molecule has 0 bridgehead atoms. The Bertz CT molecular complexity index is 452. The van der Waals surface area contributed by atoms with Crippen molar-refractivity contribution in [1.29, 1.82) is 0 Å². The Hall–Kier alpha value is -1.10. The normalized spacial score (nSPS) is 11.4. The number of aryl methyl sites for hydroxylation is 2. The zero-order valence-corrected chi connectivity index (χ0v) is 9.57. The first-order chi connectivity index (χ1) is 6.36. The highest BCUT2D eigenvalue weighted by atomic mass is 32.2. The van der Waals surface area contributed by atoms with Gasteiger partial charge in [0.2, 0.25) is 0 Å². The lowest BCUT2D eigenvalue weighted by atomic mass is 10.2. The molecule has 1 heterocycles. The van der Waals surface area contributed by atoms with E-state index >= 15 is 0 Å². The Labute approximate surface area is 84.3 Å². The van der Waals surface area contributed by atoms with Crippen molar-refractivity contribution in [2.24, 2.45) is 0 Å². The van der Waals surface area contributed by atoms with Crippen LogP contribution in [0.5, 0.6) is 0 Å². The van der Waals surface area contributed by atoms with Gasteiger partial charge in [-0.15, -0.1) is 0 Å². The molecule has 0 aliphatic heterocycles. The summed E-state index contributed by atoms with van der Waals surface area (Å²) in [6, 6.07) is 1.64. The summed E-state index contributed by atoms with van der Waals surface area (Å²) in [6.45, 7) is 3.69. The van der Waals surface area contributed by atoms with Gasteiger partial charge in [0.05, 0.1) is 0 Å². The maximum absolute atomic E-state index is 11.4. The van der Waals surface area contributed by atoms with Crippen molar-refractivity contribution in [3.05, 3.63) is 17.3 Å². The van der Waals surface area contributed by atoms with Crippen molar-refractivity contribution < 1.29 is 8.42 Å². The fourth-order valence-electron chi connectivity index (χ4n) is 1.14. The summed E-state index contributed by atoms with van der Waals surface area (Å²) in [6.07, 6.45) is 1.18. The maximum Gasteiger partial charge on any atom is 0.179 e.